The van der Waals surface area contributed by atoms with Gasteiger partial charge in [0.2, 0.25) is 5.91 Å². The molecule has 3 aromatic rings. The number of carbonyl (C=O) groups is 1. The van der Waals surface area contributed by atoms with Gasteiger partial charge in [-0.25, -0.2) is 4.79 Å². The molecule has 3 rings (SSSR count). The molecule has 0 bridgehead atoms. The maximum atomic E-state index is 13.1. The third-order valence-electron chi connectivity index (χ3n) is 4.61. The summed E-state index contributed by atoms with van der Waals surface area (Å²) in [5.41, 5.74) is 5.68. The molecule has 8 nitrogen and oxygen atoms in total. The SMILES string of the molecule is CCCCn1c(N)c(N(Cc2ccco2)C(=O)Cc2ccccc2)c(=O)[nH]c1=O. The van der Waals surface area contributed by atoms with E-state index in [4.69, 9.17) is 10.2 Å². The Kier molecular flexibility index (Phi) is 6.33. The Morgan fingerprint density at radius 1 is 1.17 bits per heavy atom. The zero-order valence-corrected chi connectivity index (χ0v) is 16.3. The summed E-state index contributed by atoms with van der Waals surface area (Å²) < 4.78 is 6.67. The van der Waals surface area contributed by atoms with Crippen LogP contribution in [0.4, 0.5) is 11.5 Å². The standard InChI is InChI=1S/C21H24N4O4/c1-2-3-11-24-19(22)18(20(27)23-21(24)28)25(14-16-10-7-12-29-16)17(26)13-15-8-5-4-6-9-15/h4-10,12H,2-3,11,13-14,22H2,1H3,(H,23,27,28). The Morgan fingerprint density at radius 2 is 1.93 bits per heavy atom. The molecular weight excluding hydrogens is 372 g/mol. The smallest absolute Gasteiger partial charge is 0.330 e. The molecule has 0 aliphatic rings. The number of hydrogen-bond donors (Lipinski definition) is 2. The first-order chi connectivity index (χ1) is 14.0. The lowest BCUT2D eigenvalue weighted by Gasteiger charge is -2.24. The number of unbranched alkanes of at least 4 members (excludes halogenated alkanes) is 1. The average Bonchev–Trinajstić information content (AvgIpc) is 3.21. The molecule has 2 heterocycles. The first-order valence-electron chi connectivity index (χ1n) is 9.50. The van der Waals surface area contributed by atoms with Gasteiger partial charge in [0.05, 0.1) is 19.2 Å². The fourth-order valence-electron chi connectivity index (χ4n) is 3.09. The van der Waals surface area contributed by atoms with Crippen LogP contribution in [-0.2, 0) is 24.3 Å². The topological polar surface area (TPSA) is 114 Å². The Labute approximate surface area is 167 Å². The molecule has 0 unspecified atom stereocenters. The van der Waals surface area contributed by atoms with Gasteiger partial charge in [0.25, 0.3) is 5.56 Å². The lowest BCUT2D eigenvalue weighted by atomic mass is 10.1. The summed E-state index contributed by atoms with van der Waals surface area (Å²) in [5.74, 6) is 0.141. The molecule has 0 aliphatic heterocycles. The summed E-state index contributed by atoms with van der Waals surface area (Å²) in [6.07, 6.45) is 3.13. The number of amides is 1. The number of nitrogens with one attached hydrogen (secondary N) is 1. The Hall–Kier alpha value is -3.55. The number of nitrogens with two attached hydrogens (primary N) is 1. The van der Waals surface area contributed by atoms with E-state index in [0.717, 1.165) is 12.0 Å². The van der Waals surface area contributed by atoms with Crippen LogP contribution < -0.4 is 21.9 Å². The van der Waals surface area contributed by atoms with E-state index in [1.165, 1.54) is 15.7 Å². The number of aromatic nitrogens is 2. The van der Waals surface area contributed by atoms with Gasteiger partial charge in [-0.1, -0.05) is 43.7 Å². The molecular formula is C21H24N4O4. The predicted octanol–water partition coefficient (Wildman–Crippen LogP) is 2.29. The molecule has 0 aliphatic carbocycles. The summed E-state index contributed by atoms with van der Waals surface area (Å²) in [6.45, 7) is 2.37. The van der Waals surface area contributed by atoms with E-state index in [2.05, 4.69) is 4.98 Å². The van der Waals surface area contributed by atoms with Crippen LogP contribution in [0, 0.1) is 0 Å². The molecule has 2 aromatic heterocycles. The lowest BCUT2D eigenvalue weighted by Crippen LogP contribution is -2.41. The van der Waals surface area contributed by atoms with E-state index in [-0.39, 0.29) is 30.4 Å². The van der Waals surface area contributed by atoms with Crippen molar-refractivity contribution in [1.29, 1.82) is 0 Å². The zero-order chi connectivity index (χ0) is 20.8. The van der Waals surface area contributed by atoms with Gasteiger partial charge in [0.1, 0.15) is 11.6 Å². The Balaban J connectivity index is 2.05. The first kappa shape index (κ1) is 20.2. The number of benzene rings is 1. The number of furan rings is 1. The van der Waals surface area contributed by atoms with Gasteiger partial charge < -0.3 is 10.2 Å². The maximum absolute atomic E-state index is 13.1. The van der Waals surface area contributed by atoms with E-state index in [1.54, 1.807) is 12.1 Å². The second-order valence-electron chi connectivity index (χ2n) is 6.72. The summed E-state index contributed by atoms with van der Waals surface area (Å²) in [4.78, 5) is 41.6. The largest absolute Gasteiger partial charge is 0.467 e. The minimum Gasteiger partial charge on any atom is -0.467 e. The van der Waals surface area contributed by atoms with Crippen LogP contribution in [0.5, 0.6) is 0 Å². The van der Waals surface area contributed by atoms with Gasteiger partial charge in [-0.2, -0.15) is 0 Å². The molecule has 0 fully saturated rings. The zero-order valence-electron chi connectivity index (χ0n) is 16.3. The minimum atomic E-state index is -0.701. The molecule has 29 heavy (non-hydrogen) atoms. The average molecular weight is 396 g/mol. The molecule has 8 heteroatoms. The highest BCUT2D eigenvalue weighted by atomic mass is 16.3. The second kappa shape index (κ2) is 9.09. The van der Waals surface area contributed by atoms with Crippen LogP contribution in [-0.4, -0.2) is 15.5 Å². The van der Waals surface area contributed by atoms with Gasteiger partial charge in [0, 0.05) is 6.54 Å². The fraction of sp³-hybridized carbons (Fsp3) is 0.286. The molecule has 152 valence electrons. The van der Waals surface area contributed by atoms with Crippen LogP contribution in [0.1, 0.15) is 31.1 Å². The molecule has 1 aromatic carbocycles. The predicted molar refractivity (Wildman–Crippen MR) is 111 cm³/mol. The van der Waals surface area contributed by atoms with Crippen molar-refractivity contribution in [3.05, 3.63) is 80.9 Å². The highest BCUT2D eigenvalue weighted by molar-refractivity contribution is 5.96. The highest BCUT2D eigenvalue weighted by Crippen LogP contribution is 2.21. The van der Waals surface area contributed by atoms with E-state index < -0.39 is 11.2 Å². The summed E-state index contributed by atoms with van der Waals surface area (Å²) in [5, 5.41) is 0. The van der Waals surface area contributed by atoms with Gasteiger partial charge in [-0.15, -0.1) is 0 Å². The Morgan fingerprint density at radius 3 is 2.59 bits per heavy atom. The molecule has 0 radical (unpaired) electrons. The lowest BCUT2D eigenvalue weighted by molar-refractivity contribution is -0.118. The van der Waals surface area contributed by atoms with Gasteiger partial charge in [0.15, 0.2) is 5.69 Å². The third-order valence-corrected chi connectivity index (χ3v) is 4.61. The number of carbonyl (C=O) groups excluding carboxylic acids is 1. The first-order valence-corrected chi connectivity index (χ1v) is 9.50. The number of aromatic amines is 1. The highest BCUT2D eigenvalue weighted by Gasteiger charge is 2.25. The number of nitrogens with zero attached hydrogens (tertiary/aromatic N) is 2. The second-order valence-corrected chi connectivity index (χ2v) is 6.72. The molecule has 3 N–H and O–H groups in total. The fourth-order valence-corrected chi connectivity index (χ4v) is 3.09. The van der Waals surface area contributed by atoms with Crippen molar-refractivity contribution in [3.8, 4) is 0 Å². The number of rotatable bonds is 8. The van der Waals surface area contributed by atoms with Crippen molar-refractivity contribution in [2.45, 2.75) is 39.3 Å². The number of hydrogen-bond acceptors (Lipinski definition) is 5. The Bertz CT molecular complexity index is 1070. The van der Waals surface area contributed by atoms with Crippen LogP contribution in [0.15, 0.2) is 62.7 Å². The van der Waals surface area contributed by atoms with Crippen molar-refractivity contribution >= 4 is 17.4 Å². The number of nitrogen functional groups attached to an aromatic ring is 1. The van der Waals surface area contributed by atoms with Crippen molar-refractivity contribution < 1.29 is 9.21 Å². The van der Waals surface area contributed by atoms with E-state index in [1.807, 2.05) is 37.3 Å². The van der Waals surface area contributed by atoms with Crippen LogP contribution >= 0.6 is 0 Å². The van der Waals surface area contributed by atoms with Crippen LogP contribution in [0.25, 0.3) is 0 Å². The van der Waals surface area contributed by atoms with Gasteiger partial charge in [-0.3, -0.25) is 24.0 Å². The van der Waals surface area contributed by atoms with Crippen LogP contribution in [0.2, 0.25) is 0 Å². The van der Waals surface area contributed by atoms with Crippen molar-refractivity contribution in [2.75, 3.05) is 10.6 Å². The van der Waals surface area contributed by atoms with Crippen LogP contribution in [0.3, 0.4) is 0 Å². The summed E-state index contributed by atoms with van der Waals surface area (Å²) >= 11 is 0. The summed E-state index contributed by atoms with van der Waals surface area (Å²) in [7, 11) is 0. The van der Waals surface area contributed by atoms with E-state index >= 15 is 0 Å². The van der Waals surface area contributed by atoms with Crippen molar-refractivity contribution in [2.24, 2.45) is 0 Å². The quantitative estimate of drug-likeness (QED) is 0.606. The molecule has 1 amide bonds. The molecule has 0 atom stereocenters. The minimum absolute atomic E-state index is 0.0257. The molecule has 0 saturated carbocycles. The number of anilines is 2. The monoisotopic (exact) mass is 396 g/mol. The van der Waals surface area contributed by atoms with Gasteiger partial charge >= 0.3 is 5.69 Å². The van der Waals surface area contributed by atoms with E-state index in [9.17, 15) is 14.4 Å². The van der Waals surface area contributed by atoms with Crippen molar-refractivity contribution in [3.63, 3.8) is 0 Å². The normalized spacial score (nSPS) is 10.8. The maximum Gasteiger partial charge on any atom is 0.330 e. The number of H-pyrrole nitrogens is 1. The summed E-state index contributed by atoms with van der Waals surface area (Å²) in [6, 6.07) is 12.6. The molecule has 0 saturated heterocycles. The third kappa shape index (κ3) is 4.66. The molecule has 0 spiro atoms. The van der Waals surface area contributed by atoms with Crippen molar-refractivity contribution in [1.82, 2.24) is 9.55 Å². The van der Waals surface area contributed by atoms with Gasteiger partial charge in [-0.05, 0) is 24.1 Å². The van der Waals surface area contributed by atoms with E-state index in [0.29, 0.717) is 18.7 Å².